The highest BCUT2D eigenvalue weighted by atomic mass is 16.5. The highest BCUT2D eigenvalue weighted by molar-refractivity contribution is 5.90. The Labute approximate surface area is 146 Å². The van der Waals surface area contributed by atoms with E-state index in [-0.39, 0.29) is 23.6 Å². The Kier molecular flexibility index (Phi) is 6.50. The standard InChI is InChI=1S/C20H33NO3/c1-14-18(19(22)23-5)16(13-17(24-14)20(2,3)4)21-12-11-15-9-7-6-8-10-15/h9,14,17,21H,6-8,10-13H2,1-5H3/t14-,17-/m0/s1. The number of carbonyl (C=O) groups is 1. The molecule has 0 aromatic rings. The second kappa shape index (κ2) is 8.19. The van der Waals surface area contributed by atoms with Crippen molar-refractivity contribution in [2.75, 3.05) is 13.7 Å². The van der Waals surface area contributed by atoms with Crippen LogP contribution in [0.25, 0.3) is 0 Å². The maximum atomic E-state index is 12.2. The molecule has 1 heterocycles. The zero-order chi connectivity index (χ0) is 17.7. The molecular formula is C20H33NO3. The van der Waals surface area contributed by atoms with Crippen LogP contribution in [-0.2, 0) is 14.3 Å². The van der Waals surface area contributed by atoms with E-state index in [0.29, 0.717) is 5.57 Å². The summed E-state index contributed by atoms with van der Waals surface area (Å²) < 4.78 is 11.1. The average Bonchev–Trinajstić information content (AvgIpc) is 2.54. The third-order valence-corrected chi connectivity index (χ3v) is 5.03. The molecule has 0 saturated carbocycles. The molecule has 1 aliphatic carbocycles. The van der Waals surface area contributed by atoms with Gasteiger partial charge in [-0.1, -0.05) is 32.4 Å². The largest absolute Gasteiger partial charge is 0.466 e. The van der Waals surface area contributed by atoms with Gasteiger partial charge in [-0.3, -0.25) is 0 Å². The molecule has 136 valence electrons. The summed E-state index contributed by atoms with van der Waals surface area (Å²) in [6.07, 6.45) is 9.06. The fraction of sp³-hybridized carbons (Fsp3) is 0.750. The Morgan fingerprint density at radius 2 is 2.12 bits per heavy atom. The molecule has 0 saturated heterocycles. The van der Waals surface area contributed by atoms with Crippen molar-refractivity contribution in [2.24, 2.45) is 5.41 Å². The molecule has 4 nitrogen and oxygen atoms in total. The molecule has 0 aromatic heterocycles. The maximum absolute atomic E-state index is 12.2. The van der Waals surface area contributed by atoms with Gasteiger partial charge in [-0.25, -0.2) is 4.79 Å². The lowest BCUT2D eigenvalue weighted by Gasteiger charge is -2.38. The Hall–Kier alpha value is -1.29. The lowest BCUT2D eigenvalue weighted by Crippen LogP contribution is -2.42. The number of hydrogen-bond donors (Lipinski definition) is 1. The number of allylic oxidation sites excluding steroid dienone is 1. The summed E-state index contributed by atoms with van der Waals surface area (Å²) in [5.41, 5.74) is 3.23. The number of ether oxygens (including phenoxy) is 2. The fourth-order valence-corrected chi connectivity index (χ4v) is 3.49. The summed E-state index contributed by atoms with van der Waals surface area (Å²) >= 11 is 0. The molecule has 0 radical (unpaired) electrons. The van der Waals surface area contributed by atoms with Crippen molar-refractivity contribution in [3.05, 3.63) is 22.9 Å². The van der Waals surface area contributed by atoms with Crippen LogP contribution in [-0.4, -0.2) is 31.8 Å². The first kappa shape index (κ1) is 19.0. The Bertz CT molecular complexity index is 513. The minimum atomic E-state index is -0.283. The van der Waals surface area contributed by atoms with Gasteiger partial charge >= 0.3 is 5.97 Å². The molecule has 0 amide bonds. The van der Waals surface area contributed by atoms with Crippen molar-refractivity contribution < 1.29 is 14.3 Å². The van der Waals surface area contributed by atoms with Crippen LogP contribution in [0.1, 0.15) is 66.2 Å². The van der Waals surface area contributed by atoms with Crippen LogP contribution in [0.5, 0.6) is 0 Å². The lowest BCUT2D eigenvalue weighted by molar-refractivity contribution is -0.140. The lowest BCUT2D eigenvalue weighted by atomic mass is 9.83. The van der Waals surface area contributed by atoms with Gasteiger partial charge in [-0.2, -0.15) is 0 Å². The molecule has 2 rings (SSSR count). The molecule has 0 aromatic carbocycles. The average molecular weight is 335 g/mol. The van der Waals surface area contributed by atoms with Crippen LogP contribution in [0.4, 0.5) is 0 Å². The van der Waals surface area contributed by atoms with Gasteiger partial charge in [-0.05, 0) is 44.4 Å². The van der Waals surface area contributed by atoms with E-state index in [1.165, 1.54) is 32.8 Å². The topological polar surface area (TPSA) is 47.6 Å². The maximum Gasteiger partial charge on any atom is 0.338 e. The fourth-order valence-electron chi connectivity index (χ4n) is 3.49. The molecule has 0 bridgehead atoms. The number of carbonyl (C=O) groups excluding carboxylic acids is 1. The highest BCUT2D eigenvalue weighted by Crippen LogP contribution is 2.34. The SMILES string of the molecule is COC(=O)C1=C(NCCC2=CCCCC2)C[C@@H](C(C)(C)C)O[C@H]1C. The quantitative estimate of drug-likeness (QED) is 0.606. The van der Waals surface area contributed by atoms with E-state index >= 15 is 0 Å². The zero-order valence-corrected chi connectivity index (χ0v) is 15.9. The molecule has 0 unspecified atom stereocenters. The van der Waals surface area contributed by atoms with Crippen molar-refractivity contribution >= 4 is 5.97 Å². The molecule has 1 N–H and O–H groups in total. The van der Waals surface area contributed by atoms with Crippen LogP contribution >= 0.6 is 0 Å². The van der Waals surface area contributed by atoms with Crippen LogP contribution in [0.3, 0.4) is 0 Å². The van der Waals surface area contributed by atoms with Gasteiger partial charge in [0.2, 0.25) is 0 Å². The Balaban J connectivity index is 2.09. The second-order valence-electron chi connectivity index (χ2n) is 8.01. The molecule has 24 heavy (non-hydrogen) atoms. The third kappa shape index (κ3) is 4.85. The molecule has 2 aliphatic rings. The van der Waals surface area contributed by atoms with E-state index in [4.69, 9.17) is 9.47 Å². The van der Waals surface area contributed by atoms with Crippen LogP contribution < -0.4 is 5.32 Å². The predicted octanol–water partition coefficient (Wildman–Crippen LogP) is 4.12. The van der Waals surface area contributed by atoms with Gasteiger partial charge in [0.15, 0.2) is 0 Å². The van der Waals surface area contributed by atoms with Crippen LogP contribution in [0, 0.1) is 5.41 Å². The highest BCUT2D eigenvalue weighted by Gasteiger charge is 2.37. The Morgan fingerprint density at radius 3 is 2.71 bits per heavy atom. The molecule has 1 aliphatic heterocycles. The van der Waals surface area contributed by atoms with Crippen molar-refractivity contribution in [2.45, 2.75) is 78.4 Å². The summed E-state index contributed by atoms with van der Waals surface area (Å²) in [4.78, 5) is 12.2. The first-order chi connectivity index (χ1) is 11.3. The van der Waals surface area contributed by atoms with Crippen molar-refractivity contribution in [3.8, 4) is 0 Å². The summed E-state index contributed by atoms with van der Waals surface area (Å²) in [5.74, 6) is -0.283. The van der Waals surface area contributed by atoms with E-state index < -0.39 is 0 Å². The number of nitrogens with one attached hydrogen (secondary N) is 1. The number of esters is 1. The minimum Gasteiger partial charge on any atom is -0.466 e. The Morgan fingerprint density at radius 1 is 1.38 bits per heavy atom. The van der Waals surface area contributed by atoms with Crippen LogP contribution in [0.2, 0.25) is 0 Å². The van der Waals surface area contributed by atoms with Crippen molar-refractivity contribution in [3.63, 3.8) is 0 Å². The molecular weight excluding hydrogens is 302 g/mol. The molecule has 0 spiro atoms. The van der Waals surface area contributed by atoms with E-state index in [0.717, 1.165) is 25.1 Å². The van der Waals surface area contributed by atoms with Crippen molar-refractivity contribution in [1.82, 2.24) is 5.32 Å². The monoisotopic (exact) mass is 335 g/mol. The number of hydrogen-bond acceptors (Lipinski definition) is 4. The molecule has 4 heteroatoms. The van der Waals surface area contributed by atoms with Gasteiger partial charge in [0.1, 0.15) is 0 Å². The van der Waals surface area contributed by atoms with Crippen molar-refractivity contribution in [1.29, 1.82) is 0 Å². The molecule has 2 atom stereocenters. The summed E-state index contributed by atoms with van der Waals surface area (Å²) in [7, 11) is 1.43. The number of methoxy groups -OCH3 is 1. The zero-order valence-electron chi connectivity index (χ0n) is 15.9. The van der Waals surface area contributed by atoms with Gasteiger partial charge in [0.05, 0.1) is 24.9 Å². The third-order valence-electron chi connectivity index (χ3n) is 5.03. The van der Waals surface area contributed by atoms with E-state index in [1.807, 2.05) is 6.92 Å². The van der Waals surface area contributed by atoms with E-state index in [1.54, 1.807) is 5.57 Å². The second-order valence-corrected chi connectivity index (χ2v) is 8.01. The van der Waals surface area contributed by atoms with Gasteiger partial charge in [0.25, 0.3) is 0 Å². The van der Waals surface area contributed by atoms with Gasteiger partial charge < -0.3 is 14.8 Å². The first-order valence-electron chi connectivity index (χ1n) is 9.21. The van der Waals surface area contributed by atoms with Crippen LogP contribution in [0.15, 0.2) is 22.9 Å². The summed E-state index contributed by atoms with van der Waals surface area (Å²) in [6.45, 7) is 9.34. The smallest absolute Gasteiger partial charge is 0.338 e. The normalized spacial score (nSPS) is 25.3. The van der Waals surface area contributed by atoms with E-state index in [9.17, 15) is 4.79 Å². The minimum absolute atomic E-state index is 0.0364. The van der Waals surface area contributed by atoms with E-state index in [2.05, 4.69) is 32.2 Å². The van der Waals surface area contributed by atoms with Gasteiger partial charge in [0, 0.05) is 18.7 Å². The number of rotatable bonds is 5. The first-order valence-corrected chi connectivity index (χ1v) is 9.21. The summed E-state index contributed by atoms with van der Waals surface area (Å²) in [6, 6.07) is 0. The van der Waals surface area contributed by atoms with Gasteiger partial charge in [-0.15, -0.1) is 0 Å². The summed E-state index contributed by atoms with van der Waals surface area (Å²) in [5, 5.41) is 3.52. The molecule has 0 fully saturated rings. The predicted molar refractivity (Wildman–Crippen MR) is 96.6 cm³/mol.